The van der Waals surface area contributed by atoms with Gasteiger partial charge in [-0.1, -0.05) is 0 Å². The Hall–Kier alpha value is -1.06. The number of aliphatic carboxylic acids is 1. The molecule has 0 aromatic carbocycles. The maximum absolute atomic E-state index is 11.5. The normalized spacial score (nSPS) is 12.4. The lowest BCUT2D eigenvalue weighted by Crippen LogP contribution is -2.45. The Morgan fingerprint density at radius 1 is 1.14 bits per heavy atom. The number of rotatable bonds is 4. The molecule has 0 aliphatic heterocycles. The van der Waals surface area contributed by atoms with Crippen molar-refractivity contribution < 1.29 is 19.4 Å². The van der Waals surface area contributed by atoms with Crippen molar-refractivity contribution in [1.82, 2.24) is 0 Å². The van der Waals surface area contributed by atoms with Crippen LogP contribution in [0.4, 0.5) is 0 Å². The van der Waals surface area contributed by atoms with Crippen molar-refractivity contribution >= 4 is 11.9 Å². The van der Waals surface area contributed by atoms with E-state index in [1.165, 1.54) is 13.8 Å². The van der Waals surface area contributed by atoms with Gasteiger partial charge in [0.15, 0.2) is 0 Å². The highest BCUT2D eigenvalue weighted by atomic mass is 16.5. The van der Waals surface area contributed by atoms with Crippen molar-refractivity contribution in [3.63, 3.8) is 0 Å². The molecular formula is C10H18O4. The number of hydrogen-bond donors (Lipinski definition) is 1. The number of carbonyl (C=O) groups is 2. The summed E-state index contributed by atoms with van der Waals surface area (Å²) in [5, 5.41) is 8.99. The maximum Gasteiger partial charge on any atom is 0.312 e. The summed E-state index contributed by atoms with van der Waals surface area (Å²) in [7, 11) is 0. The molecule has 0 fully saturated rings. The maximum atomic E-state index is 11.5. The second-order valence-electron chi connectivity index (χ2n) is 4.28. The van der Waals surface area contributed by atoms with Crippen LogP contribution < -0.4 is 0 Å². The van der Waals surface area contributed by atoms with Gasteiger partial charge in [0.05, 0.1) is 17.4 Å². The fourth-order valence-electron chi connectivity index (χ4n) is 0.834. The Bertz CT molecular complexity index is 241. The van der Waals surface area contributed by atoms with Crippen LogP contribution in [0.3, 0.4) is 0 Å². The molecule has 0 spiro atoms. The fourth-order valence-corrected chi connectivity index (χ4v) is 0.834. The quantitative estimate of drug-likeness (QED) is 0.704. The smallest absolute Gasteiger partial charge is 0.312 e. The second kappa shape index (κ2) is 3.98. The molecule has 0 aliphatic rings. The molecule has 0 aliphatic carbocycles. The molecule has 14 heavy (non-hydrogen) atoms. The molecule has 0 atom stereocenters. The molecule has 0 amide bonds. The molecule has 0 rings (SSSR count). The first-order valence-corrected chi connectivity index (χ1v) is 4.58. The van der Waals surface area contributed by atoms with Gasteiger partial charge in [-0.15, -0.1) is 0 Å². The third kappa shape index (κ3) is 2.05. The van der Waals surface area contributed by atoms with Crippen molar-refractivity contribution in [2.75, 3.05) is 6.61 Å². The number of carbonyl (C=O) groups excluding carboxylic acids is 1. The van der Waals surface area contributed by atoms with E-state index < -0.39 is 22.8 Å². The molecule has 0 heterocycles. The molecule has 0 aromatic rings. The molecule has 0 radical (unpaired) electrons. The average Bonchev–Trinajstić information content (AvgIpc) is 2.04. The van der Waals surface area contributed by atoms with Gasteiger partial charge in [-0.05, 0) is 34.6 Å². The zero-order chi connectivity index (χ0) is 11.6. The van der Waals surface area contributed by atoms with Gasteiger partial charge in [0.1, 0.15) is 0 Å². The van der Waals surface area contributed by atoms with Crippen LogP contribution in [0.25, 0.3) is 0 Å². The molecule has 82 valence electrons. The van der Waals surface area contributed by atoms with E-state index in [0.29, 0.717) is 0 Å². The fraction of sp³-hybridized carbons (Fsp3) is 0.800. The lowest BCUT2D eigenvalue weighted by molar-refractivity contribution is -0.171. The predicted octanol–water partition coefficient (Wildman–Crippen LogP) is 1.69. The third-order valence-corrected chi connectivity index (χ3v) is 2.88. The zero-order valence-corrected chi connectivity index (χ0v) is 9.38. The van der Waals surface area contributed by atoms with Crippen molar-refractivity contribution in [2.24, 2.45) is 10.8 Å². The number of carboxylic acid groups (broad SMARTS) is 1. The highest BCUT2D eigenvalue weighted by Crippen LogP contribution is 2.39. The van der Waals surface area contributed by atoms with Crippen LogP contribution in [0.5, 0.6) is 0 Å². The predicted molar refractivity (Wildman–Crippen MR) is 51.8 cm³/mol. The SMILES string of the molecule is CCOC(=O)C(C)(C)C(C)(C)C(=O)O. The molecule has 0 aromatic heterocycles. The summed E-state index contributed by atoms with van der Waals surface area (Å²) in [6.07, 6.45) is 0. The molecule has 4 nitrogen and oxygen atoms in total. The molecule has 4 heteroatoms. The van der Waals surface area contributed by atoms with Gasteiger partial charge in [0, 0.05) is 0 Å². The van der Waals surface area contributed by atoms with E-state index in [2.05, 4.69) is 0 Å². The Morgan fingerprint density at radius 2 is 1.57 bits per heavy atom. The molecular weight excluding hydrogens is 184 g/mol. The molecule has 0 saturated carbocycles. The van der Waals surface area contributed by atoms with Gasteiger partial charge >= 0.3 is 11.9 Å². The average molecular weight is 202 g/mol. The highest BCUT2D eigenvalue weighted by molar-refractivity contribution is 5.86. The first kappa shape index (κ1) is 12.9. The highest BCUT2D eigenvalue weighted by Gasteiger charge is 2.49. The minimum atomic E-state index is -1.14. The van der Waals surface area contributed by atoms with E-state index in [1.54, 1.807) is 20.8 Å². The summed E-state index contributed by atoms with van der Waals surface area (Å²) >= 11 is 0. The van der Waals surface area contributed by atoms with Crippen molar-refractivity contribution in [1.29, 1.82) is 0 Å². The minimum Gasteiger partial charge on any atom is -0.481 e. The van der Waals surface area contributed by atoms with Crippen molar-refractivity contribution in [3.05, 3.63) is 0 Å². The van der Waals surface area contributed by atoms with E-state index in [9.17, 15) is 9.59 Å². The second-order valence-corrected chi connectivity index (χ2v) is 4.28. The standard InChI is InChI=1S/C10H18O4/c1-6-14-8(13)10(4,5)9(2,3)7(11)12/h6H2,1-5H3,(H,11,12). The Balaban J connectivity index is 4.94. The Kier molecular flexibility index (Phi) is 3.68. The van der Waals surface area contributed by atoms with E-state index >= 15 is 0 Å². The van der Waals surface area contributed by atoms with Gasteiger partial charge in [-0.3, -0.25) is 9.59 Å². The summed E-state index contributed by atoms with van der Waals surface area (Å²) in [6, 6.07) is 0. The first-order chi connectivity index (χ1) is 6.17. The van der Waals surface area contributed by atoms with Crippen LogP contribution in [-0.2, 0) is 14.3 Å². The summed E-state index contributed by atoms with van der Waals surface area (Å²) in [5.74, 6) is -1.48. The summed E-state index contributed by atoms with van der Waals surface area (Å²) in [5.41, 5.74) is -2.17. The molecule has 0 unspecified atom stereocenters. The lowest BCUT2D eigenvalue weighted by Gasteiger charge is -2.35. The minimum absolute atomic E-state index is 0.262. The summed E-state index contributed by atoms with van der Waals surface area (Å²) in [6.45, 7) is 8.16. The third-order valence-electron chi connectivity index (χ3n) is 2.88. The Labute approximate surface area is 84.3 Å². The molecule has 0 saturated heterocycles. The van der Waals surface area contributed by atoms with Crippen LogP contribution in [0.1, 0.15) is 34.6 Å². The van der Waals surface area contributed by atoms with Crippen molar-refractivity contribution in [2.45, 2.75) is 34.6 Å². The van der Waals surface area contributed by atoms with E-state index in [4.69, 9.17) is 9.84 Å². The van der Waals surface area contributed by atoms with E-state index in [-0.39, 0.29) is 6.61 Å². The summed E-state index contributed by atoms with van der Waals surface area (Å²) in [4.78, 5) is 22.5. The lowest BCUT2D eigenvalue weighted by atomic mass is 9.68. The van der Waals surface area contributed by atoms with E-state index in [0.717, 1.165) is 0 Å². The van der Waals surface area contributed by atoms with Gasteiger partial charge in [-0.25, -0.2) is 0 Å². The van der Waals surface area contributed by atoms with Crippen LogP contribution in [0, 0.1) is 10.8 Å². The number of hydrogen-bond acceptors (Lipinski definition) is 3. The zero-order valence-electron chi connectivity index (χ0n) is 9.38. The van der Waals surface area contributed by atoms with Gasteiger partial charge in [-0.2, -0.15) is 0 Å². The molecule has 1 N–H and O–H groups in total. The number of carboxylic acids is 1. The number of ether oxygens (including phenoxy) is 1. The van der Waals surface area contributed by atoms with Crippen molar-refractivity contribution in [3.8, 4) is 0 Å². The van der Waals surface area contributed by atoms with Gasteiger partial charge in [0.2, 0.25) is 0 Å². The monoisotopic (exact) mass is 202 g/mol. The largest absolute Gasteiger partial charge is 0.481 e. The van der Waals surface area contributed by atoms with Crippen LogP contribution in [0.15, 0.2) is 0 Å². The molecule has 0 bridgehead atoms. The Morgan fingerprint density at radius 3 is 1.86 bits per heavy atom. The van der Waals surface area contributed by atoms with Gasteiger partial charge < -0.3 is 9.84 Å². The number of esters is 1. The summed E-state index contributed by atoms with van der Waals surface area (Å²) < 4.78 is 4.84. The first-order valence-electron chi connectivity index (χ1n) is 4.58. The topological polar surface area (TPSA) is 63.6 Å². The van der Waals surface area contributed by atoms with E-state index in [1.807, 2.05) is 0 Å². The van der Waals surface area contributed by atoms with Gasteiger partial charge in [0.25, 0.3) is 0 Å². The van der Waals surface area contributed by atoms with Crippen LogP contribution in [-0.4, -0.2) is 23.7 Å². The van der Waals surface area contributed by atoms with Crippen LogP contribution in [0.2, 0.25) is 0 Å². The van der Waals surface area contributed by atoms with Crippen LogP contribution >= 0.6 is 0 Å².